The molecule has 0 radical (unpaired) electrons. The first kappa shape index (κ1) is 32.9. The average Bonchev–Trinajstić information content (AvgIpc) is 2.77. The molecular weight excluding hydrogens is 522 g/mol. The minimum absolute atomic E-state index is 0. The van der Waals surface area contributed by atoms with E-state index in [4.69, 9.17) is 37.9 Å². The molecule has 0 bridgehead atoms. The van der Waals surface area contributed by atoms with Gasteiger partial charge in [-0.15, -0.1) is 0 Å². The van der Waals surface area contributed by atoms with Gasteiger partial charge in [-0.1, -0.05) is 51.6 Å². The summed E-state index contributed by atoms with van der Waals surface area (Å²) >= 11 is 15.8. The zero-order valence-corrected chi connectivity index (χ0v) is 28.6. The molecule has 0 saturated carbocycles. The Morgan fingerprint density at radius 3 is 0.559 bits per heavy atom. The molecule has 0 atom stereocenters. The second-order valence-electron chi connectivity index (χ2n) is 9.27. The van der Waals surface area contributed by atoms with E-state index in [0.717, 1.165) is 14.7 Å². The molecule has 0 saturated heterocycles. The van der Waals surface area contributed by atoms with Crippen molar-refractivity contribution < 1.29 is 19.5 Å². The van der Waals surface area contributed by atoms with E-state index in [-0.39, 0.29) is 19.5 Å². The summed E-state index contributed by atoms with van der Waals surface area (Å²) in [6.07, 6.45) is 0. The second kappa shape index (κ2) is 13.9. The minimum Gasteiger partial charge on any atom is -0.779 e. The molecule has 0 heterocycles. The van der Waals surface area contributed by atoms with Crippen molar-refractivity contribution in [2.24, 2.45) is 0 Å². The summed E-state index contributed by atoms with van der Waals surface area (Å²) < 4.78 is 0. The molecule has 0 nitrogen and oxygen atoms in total. The molecule has 180 valence electrons. The van der Waals surface area contributed by atoms with Gasteiger partial charge >= 0.3 is 19.5 Å². The van der Waals surface area contributed by atoms with Crippen LogP contribution in [-0.4, -0.2) is 0 Å². The molecule has 0 aliphatic carbocycles. The Morgan fingerprint density at radius 1 is 0.324 bits per heavy atom. The standard InChI is InChI=1S/3C10H14S.Zn/c3*1-6-5-7(2)9(4)10(11)8(6)3;/h3*5,11H,1-4H3;/q;;;+2/p-3. The van der Waals surface area contributed by atoms with Gasteiger partial charge in [-0.2, -0.15) is 14.7 Å². The zero-order valence-electron chi connectivity index (χ0n) is 23.2. The quantitative estimate of drug-likeness (QED) is 0.200. The van der Waals surface area contributed by atoms with E-state index in [1.54, 1.807) is 0 Å². The third-order valence-corrected chi connectivity index (χ3v) is 8.73. The van der Waals surface area contributed by atoms with Gasteiger partial charge < -0.3 is 37.9 Å². The monoisotopic (exact) mass is 559 g/mol. The fourth-order valence-electron chi connectivity index (χ4n) is 3.54. The smallest absolute Gasteiger partial charge is 0.779 e. The van der Waals surface area contributed by atoms with E-state index in [1.807, 2.05) is 0 Å². The molecule has 0 amide bonds. The summed E-state index contributed by atoms with van der Waals surface area (Å²) in [5.41, 5.74) is 15.3. The first-order valence-electron chi connectivity index (χ1n) is 11.3. The maximum Gasteiger partial charge on any atom is 2.00 e. The third-order valence-electron chi connectivity index (χ3n) is 6.89. The molecule has 0 unspecified atom stereocenters. The van der Waals surface area contributed by atoms with Crippen LogP contribution < -0.4 is 0 Å². The molecule has 0 N–H and O–H groups in total. The predicted octanol–water partition coefficient (Wildman–Crippen LogP) is 8.48. The summed E-state index contributed by atoms with van der Waals surface area (Å²) in [5.74, 6) is 0. The Hall–Kier alpha value is -1.06. The number of benzene rings is 3. The van der Waals surface area contributed by atoms with Gasteiger partial charge in [0, 0.05) is 0 Å². The summed E-state index contributed by atoms with van der Waals surface area (Å²) in [4.78, 5) is 3.09. The van der Waals surface area contributed by atoms with Gasteiger partial charge in [0.2, 0.25) is 0 Å². The van der Waals surface area contributed by atoms with Gasteiger partial charge in [0.1, 0.15) is 0 Å². The molecule has 3 rings (SSSR count). The third kappa shape index (κ3) is 7.99. The second-order valence-corrected chi connectivity index (χ2v) is 10.5. The Bertz CT molecular complexity index is 936. The van der Waals surface area contributed by atoms with E-state index in [1.165, 1.54) is 66.8 Å². The van der Waals surface area contributed by atoms with Crippen molar-refractivity contribution >= 4 is 37.9 Å². The van der Waals surface area contributed by atoms with Crippen molar-refractivity contribution in [1.82, 2.24) is 0 Å². The summed E-state index contributed by atoms with van der Waals surface area (Å²) in [5, 5.41) is 0. The van der Waals surface area contributed by atoms with Gasteiger partial charge in [-0.05, 0) is 116 Å². The fourth-order valence-corrected chi connectivity index (χ4v) is 4.51. The molecular formula is C30H39S3Zn-. The summed E-state index contributed by atoms with van der Waals surface area (Å²) in [6.45, 7) is 25.2. The molecule has 0 aromatic heterocycles. The van der Waals surface area contributed by atoms with E-state index in [9.17, 15) is 0 Å². The van der Waals surface area contributed by atoms with Crippen molar-refractivity contribution in [2.75, 3.05) is 0 Å². The van der Waals surface area contributed by atoms with Crippen LogP contribution >= 0.6 is 0 Å². The number of rotatable bonds is 0. The van der Waals surface area contributed by atoms with E-state index in [0.29, 0.717) is 0 Å². The van der Waals surface area contributed by atoms with Crippen LogP contribution in [0.15, 0.2) is 32.9 Å². The normalized spacial score (nSPS) is 9.88. The Balaban J connectivity index is 0.000000473. The maximum absolute atomic E-state index is 5.27. The maximum atomic E-state index is 5.27. The summed E-state index contributed by atoms with van der Waals surface area (Å²) in [7, 11) is 0. The van der Waals surface area contributed by atoms with E-state index >= 15 is 0 Å². The topological polar surface area (TPSA) is 0 Å². The first-order chi connectivity index (χ1) is 15.1. The Labute approximate surface area is 238 Å². The average molecular weight is 561 g/mol. The van der Waals surface area contributed by atoms with Crippen LogP contribution in [0.25, 0.3) is 0 Å². The Morgan fingerprint density at radius 2 is 0.441 bits per heavy atom. The zero-order chi connectivity index (χ0) is 25.8. The number of aryl methyl sites for hydroxylation is 6. The van der Waals surface area contributed by atoms with Gasteiger partial charge in [0.05, 0.1) is 0 Å². The Kier molecular flexibility index (Phi) is 13.4. The molecule has 34 heavy (non-hydrogen) atoms. The van der Waals surface area contributed by atoms with Gasteiger partial charge in [0.25, 0.3) is 0 Å². The number of hydrogen-bond acceptors (Lipinski definition) is 3. The molecule has 0 spiro atoms. The van der Waals surface area contributed by atoms with Gasteiger partial charge in [-0.3, -0.25) is 0 Å². The molecule has 0 aliphatic rings. The van der Waals surface area contributed by atoms with Crippen LogP contribution in [0.1, 0.15) is 66.8 Å². The van der Waals surface area contributed by atoms with Crippen LogP contribution in [-0.2, 0) is 57.4 Å². The minimum atomic E-state index is 0. The first-order valence-corrected chi connectivity index (χ1v) is 12.6. The van der Waals surface area contributed by atoms with Crippen molar-refractivity contribution in [3.63, 3.8) is 0 Å². The summed E-state index contributed by atoms with van der Waals surface area (Å²) in [6, 6.07) is 6.58. The number of hydrogen-bond donors (Lipinski definition) is 0. The van der Waals surface area contributed by atoms with Crippen molar-refractivity contribution in [3.05, 3.63) is 85.0 Å². The van der Waals surface area contributed by atoms with Crippen LogP contribution in [0.4, 0.5) is 0 Å². The van der Waals surface area contributed by atoms with Crippen LogP contribution in [0.3, 0.4) is 0 Å². The largest absolute Gasteiger partial charge is 2.00 e. The van der Waals surface area contributed by atoms with E-state index in [2.05, 4.69) is 101 Å². The fraction of sp³-hybridized carbons (Fsp3) is 0.400. The van der Waals surface area contributed by atoms with Crippen molar-refractivity contribution in [2.45, 2.75) is 97.8 Å². The van der Waals surface area contributed by atoms with Crippen LogP contribution in [0.2, 0.25) is 0 Å². The predicted molar refractivity (Wildman–Crippen MR) is 153 cm³/mol. The van der Waals surface area contributed by atoms with E-state index < -0.39 is 0 Å². The molecule has 0 aliphatic heterocycles. The molecule has 4 heteroatoms. The molecule has 3 aromatic rings. The van der Waals surface area contributed by atoms with Crippen molar-refractivity contribution in [1.29, 1.82) is 0 Å². The van der Waals surface area contributed by atoms with Crippen LogP contribution in [0.5, 0.6) is 0 Å². The van der Waals surface area contributed by atoms with Crippen LogP contribution in [0, 0.1) is 83.1 Å². The van der Waals surface area contributed by atoms with Crippen molar-refractivity contribution in [3.8, 4) is 0 Å². The SMILES string of the molecule is Cc1cc(C)c(C)c([S-])c1C.Cc1cc(C)c(C)c([S-])c1C.Cc1cc(C)c(C)c([S-])c1C.[Zn+2]. The molecule has 3 aromatic carbocycles. The molecule has 0 fully saturated rings. The van der Waals surface area contributed by atoms with Gasteiger partial charge in [-0.25, -0.2) is 0 Å². The van der Waals surface area contributed by atoms with Gasteiger partial charge in [0.15, 0.2) is 0 Å².